The molecule has 0 aromatic heterocycles. The first-order chi connectivity index (χ1) is 22.0. The molecule has 49 heavy (non-hydrogen) atoms. The van der Waals surface area contributed by atoms with Crippen molar-refractivity contribution in [3.63, 3.8) is 0 Å². The summed E-state index contributed by atoms with van der Waals surface area (Å²) in [4.78, 5) is 13.1. The minimum atomic E-state index is -2.01. The van der Waals surface area contributed by atoms with Gasteiger partial charge in [0.05, 0.1) is 18.8 Å². The molecule has 3 rings (SSSR count). The van der Waals surface area contributed by atoms with Gasteiger partial charge in [0.1, 0.15) is 5.60 Å². The van der Waals surface area contributed by atoms with E-state index in [1.54, 1.807) is 5.57 Å². The number of hydrogen-bond donors (Lipinski definition) is 0. The zero-order valence-electron chi connectivity index (χ0n) is 34.9. The second-order valence-corrected chi connectivity index (χ2v) is 34.6. The lowest BCUT2D eigenvalue weighted by molar-refractivity contribution is -0.162. The van der Waals surface area contributed by atoms with Gasteiger partial charge in [0.2, 0.25) is 0 Å². The van der Waals surface area contributed by atoms with Crippen LogP contribution in [0.1, 0.15) is 114 Å². The molecule has 0 amide bonds. The third kappa shape index (κ3) is 10.2. The van der Waals surface area contributed by atoms with Crippen LogP contribution in [0.2, 0.25) is 55.9 Å². The van der Waals surface area contributed by atoms with Crippen LogP contribution in [0.5, 0.6) is 0 Å². The minimum Gasteiger partial charge on any atom is -0.463 e. The third-order valence-electron chi connectivity index (χ3n) is 13.0. The van der Waals surface area contributed by atoms with Crippen molar-refractivity contribution >= 4 is 30.9 Å². The molecule has 0 spiro atoms. The summed E-state index contributed by atoms with van der Waals surface area (Å²) in [7, 11) is -5.85. The maximum atomic E-state index is 13.1. The molecule has 0 radical (unpaired) electrons. The number of fused-ring (bicyclic) bond motifs is 1. The highest BCUT2D eigenvalue weighted by Crippen LogP contribution is 2.59. The Labute approximate surface area is 305 Å². The SMILES string of the molecule is C=C1C(=CC=C2CCC[C@@]3(C)C2CC[C@@H]3[C@H](C)COC(=O)C(C)(C)O[Si](C)(C)C)C[C@@H](O[Si](C)(C)C(C)(C)C)C[C@@H]1O[Si](C)(C)C(C)(C)C. The predicted molar refractivity (Wildman–Crippen MR) is 215 cm³/mol. The van der Waals surface area contributed by atoms with Gasteiger partial charge in [0.15, 0.2) is 25.0 Å². The standard InChI is InChI=1S/C41H76O5Si3/c1-29(28-43-37(42)40(9,10)46-47(12,13)14)34-23-24-35-31(20-19-25-41(34,35)11)21-22-32-26-33(44-48(15,16)38(3,4)5)27-36(30(32)2)45-49(17,18)39(6,7)8/h21-22,29,33-36H,2,19-20,23-28H2,1,3-18H3/t29-,33-,34-,35?,36+,41-/m1/s1. The average molecular weight is 733 g/mol. The van der Waals surface area contributed by atoms with E-state index in [1.165, 1.54) is 31.3 Å². The maximum absolute atomic E-state index is 13.1. The third-order valence-corrected chi connectivity index (χ3v) is 23.1. The summed E-state index contributed by atoms with van der Waals surface area (Å²) in [5.41, 5.74) is 3.34. The Kier molecular flexibility index (Phi) is 13.0. The Morgan fingerprint density at radius 2 is 1.49 bits per heavy atom. The normalized spacial score (nSPS) is 30.1. The van der Waals surface area contributed by atoms with E-state index in [0.717, 1.165) is 24.8 Å². The van der Waals surface area contributed by atoms with Crippen LogP contribution >= 0.6 is 0 Å². The second-order valence-electron chi connectivity index (χ2n) is 20.7. The zero-order chi connectivity index (χ0) is 37.6. The first kappa shape index (κ1) is 42.6. The number of rotatable bonds is 11. The van der Waals surface area contributed by atoms with Gasteiger partial charge in [0, 0.05) is 6.42 Å². The summed E-state index contributed by atoms with van der Waals surface area (Å²) >= 11 is 0. The molecule has 282 valence electrons. The van der Waals surface area contributed by atoms with Crippen LogP contribution in [-0.2, 0) is 22.8 Å². The van der Waals surface area contributed by atoms with Gasteiger partial charge in [-0.3, -0.25) is 0 Å². The van der Waals surface area contributed by atoms with Crippen LogP contribution in [0.25, 0.3) is 0 Å². The van der Waals surface area contributed by atoms with Gasteiger partial charge in [-0.15, -0.1) is 0 Å². The van der Waals surface area contributed by atoms with E-state index in [9.17, 15) is 4.79 Å². The molecule has 3 fully saturated rings. The van der Waals surface area contributed by atoms with E-state index in [-0.39, 0.29) is 33.7 Å². The molecule has 0 bridgehead atoms. The number of carbonyl (C=O) groups excluding carboxylic acids is 1. The van der Waals surface area contributed by atoms with Crippen molar-refractivity contribution in [2.45, 2.75) is 188 Å². The highest BCUT2D eigenvalue weighted by atomic mass is 28.4. The van der Waals surface area contributed by atoms with Crippen LogP contribution in [-0.4, -0.2) is 55.3 Å². The predicted octanol–water partition coefficient (Wildman–Crippen LogP) is 12.0. The van der Waals surface area contributed by atoms with Crippen LogP contribution in [0.3, 0.4) is 0 Å². The number of esters is 1. The molecular formula is C41H76O5Si3. The smallest absolute Gasteiger partial charge is 0.336 e. The largest absolute Gasteiger partial charge is 0.463 e. The molecule has 3 aliphatic rings. The summed E-state index contributed by atoms with van der Waals surface area (Å²) in [5.74, 6) is 1.15. The van der Waals surface area contributed by atoms with Crippen LogP contribution < -0.4 is 0 Å². The Morgan fingerprint density at radius 3 is 2.04 bits per heavy atom. The van der Waals surface area contributed by atoms with Gasteiger partial charge < -0.3 is 18.0 Å². The fraction of sp³-hybridized carbons (Fsp3) is 0.829. The molecule has 3 aliphatic carbocycles. The molecule has 0 heterocycles. The Hall–Kier alpha value is -0.779. The maximum Gasteiger partial charge on any atom is 0.336 e. The Balaban J connectivity index is 1.83. The lowest BCUT2D eigenvalue weighted by Crippen LogP contribution is -2.49. The summed E-state index contributed by atoms with van der Waals surface area (Å²) in [5, 5.41) is 0.285. The minimum absolute atomic E-state index is 0.00813. The number of hydrogen-bond acceptors (Lipinski definition) is 5. The Bertz CT molecular complexity index is 1260. The summed E-state index contributed by atoms with van der Waals surface area (Å²) in [6.07, 6.45) is 12.8. The van der Waals surface area contributed by atoms with Crippen LogP contribution in [0.4, 0.5) is 0 Å². The van der Waals surface area contributed by atoms with Gasteiger partial charge in [0.25, 0.3) is 0 Å². The van der Waals surface area contributed by atoms with Crippen molar-refractivity contribution in [2.75, 3.05) is 6.61 Å². The fourth-order valence-corrected chi connectivity index (χ4v) is 12.6. The fourth-order valence-electron chi connectivity index (χ4n) is 8.28. The molecular weight excluding hydrogens is 657 g/mol. The first-order valence-corrected chi connectivity index (χ1v) is 28.5. The van der Waals surface area contributed by atoms with Gasteiger partial charge in [-0.05, 0) is 143 Å². The number of carbonyl (C=O) groups is 1. The molecule has 0 aromatic carbocycles. The monoisotopic (exact) mass is 733 g/mol. The van der Waals surface area contributed by atoms with E-state index in [4.69, 9.17) is 18.0 Å². The van der Waals surface area contributed by atoms with Crippen molar-refractivity contribution in [2.24, 2.45) is 23.2 Å². The van der Waals surface area contributed by atoms with Crippen LogP contribution in [0, 0.1) is 23.2 Å². The van der Waals surface area contributed by atoms with E-state index >= 15 is 0 Å². The van der Waals surface area contributed by atoms with Crippen LogP contribution in [0.15, 0.2) is 35.5 Å². The summed E-state index contributed by atoms with van der Waals surface area (Å²) in [6, 6.07) is 0. The van der Waals surface area contributed by atoms with E-state index < -0.39 is 30.6 Å². The van der Waals surface area contributed by atoms with Gasteiger partial charge in [-0.25, -0.2) is 4.79 Å². The number of ether oxygens (including phenoxy) is 1. The molecule has 8 heteroatoms. The summed E-state index contributed by atoms with van der Waals surface area (Å²) < 4.78 is 26.3. The van der Waals surface area contributed by atoms with E-state index in [0.29, 0.717) is 24.4 Å². The van der Waals surface area contributed by atoms with Crippen molar-refractivity contribution in [3.8, 4) is 0 Å². The summed E-state index contributed by atoms with van der Waals surface area (Å²) in [6.45, 7) is 43.4. The van der Waals surface area contributed by atoms with Crippen molar-refractivity contribution in [3.05, 3.63) is 35.5 Å². The van der Waals surface area contributed by atoms with Gasteiger partial charge >= 0.3 is 5.97 Å². The lowest BCUT2D eigenvalue weighted by atomic mass is 9.61. The first-order valence-electron chi connectivity index (χ1n) is 19.3. The molecule has 3 saturated carbocycles. The molecule has 0 aromatic rings. The van der Waals surface area contributed by atoms with Gasteiger partial charge in [-0.1, -0.05) is 79.7 Å². The molecule has 0 saturated heterocycles. The highest BCUT2D eigenvalue weighted by molar-refractivity contribution is 6.74. The quantitative estimate of drug-likeness (QED) is 0.156. The lowest BCUT2D eigenvalue weighted by Gasteiger charge is -2.46. The van der Waals surface area contributed by atoms with Gasteiger partial charge in [-0.2, -0.15) is 0 Å². The highest BCUT2D eigenvalue weighted by Gasteiger charge is 2.51. The molecule has 5 nitrogen and oxygen atoms in total. The topological polar surface area (TPSA) is 54.0 Å². The molecule has 6 atom stereocenters. The van der Waals surface area contributed by atoms with E-state index in [2.05, 4.69) is 120 Å². The van der Waals surface area contributed by atoms with Crippen molar-refractivity contribution in [1.82, 2.24) is 0 Å². The molecule has 0 N–H and O–H groups in total. The van der Waals surface area contributed by atoms with Crippen molar-refractivity contribution < 1.29 is 22.8 Å². The molecule has 1 unspecified atom stereocenters. The van der Waals surface area contributed by atoms with E-state index in [1.807, 2.05) is 13.8 Å². The second kappa shape index (κ2) is 14.9. The Morgan fingerprint density at radius 1 is 0.918 bits per heavy atom. The number of allylic oxidation sites excluding steroid dienone is 3. The zero-order valence-corrected chi connectivity index (χ0v) is 37.9. The van der Waals surface area contributed by atoms with Crippen molar-refractivity contribution in [1.29, 1.82) is 0 Å². The molecule has 0 aliphatic heterocycles. The average Bonchev–Trinajstić information content (AvgIpc) is 3.27.